The van der Waals surface area contributed by atoms with Gasteiger partial charge in [0.15, 0.2) is 0 Å². The van der Waals surface area contributed by atoms with Crippen LogP contribution in [-0.4, -0.2) is 40.7 Å². The highest BCUT2D eigenvalue weighted by Crippen LogP contribution is 2.53. The Morgan fingerprint density at radius 1 is 1.00 bits per heavy atom. The van der Waals surface area contributed by atoms with Gasteiger partial charge >= 0.3 is 18.0 Å². The molecule has 18 heavy (non-hydrogen) atoms. The van der Waals surface area contributed by atoms with Crippen LogP contribution in [0.4, 0.5) is 35.1 Å². The molecule has 0 aromatic carbocycles. The van der Waals surface area contributed by atoms with E-state index in [1.165, 1.54) is 0 Å². The molecule has 0 heterocycles. The summed E-state index contributed by atoms with van der Waals surface area (Å²) in [6.45, 7) is -0.673. The summed E-state index contributed by atoms with van der Waals surface area (Å²) in [5.74, 6) is -12.1. The topological polar surface area (TPSA) is 20.2 Å². The molecule has 0 aromatic heterocycles. The largest absolute Gasteiger partial charge is 0.428 e. The zero-order valence-corrected chi connectivity index (χ0v) is 9.80. The highest BCUT2D eigenvalue weighted by molar-refractivity contribution is 7.80. The Morgan fingerprint density at radius 2 is 1.39 bits per heavy atom. The highest BCUT2D eigenvalue weighted by atomic mass is 32.1. The molecule has 0 bridgehead atoms. The number of aliphatic hydroxyl groups is 1. The van der Waals surface area contributed by atoms with Crippen molar-refractivity contribution in [2.45, 2.75) is 43.1 Å². The van der Waals surface area contributed by atoms with Crippen LogP contribution in [0.2, 0.25) is 0 Å². The minimum Gasteiger partial charge on any atom is -0.392 e. The lowest BCUT2D eigenvalue weighted by Gasteiger charge is -2.37. The zero-order valence-electron chi connectivity index (χ0n) is 8.91. The predicted molar refractivity (Wildman–Crippen MR) is 49.9 cm³/mol. The number of alkyl halides is 8. The maximum Gasteiger partial charge on any atom is 0.428 e. The smallest absolute Gasteiger partial charge is 0.392 e. The first kappa shape index (κ1) is 17.8. The third kappa shape index (κ3) is 3.01. The highest BCUT2D eigenvalue weighted by Gasteiger charge is 2.77. The fraction of sp³-hybridized carbons (Fsp3) is 1.00. The summed E-state index contributed by atoms with van der Waals surface area (Å²) < 4.78 is 101. The fourth-order valence-corrected chi connectivity index (χ4v) is 1.14. The SMILES string of the molecule is CC(F)(C(F)(F)F)C(F)(F)C(F)(F)CC(O)CS. The van der Waals surface area contributed by atoms with Gasteiger partial charge in [-0.3, -0.25) is 0 Å². The molecular formula is C8H10F8OS. The summed E-state index contributed by atoms with van der Waals surface area (Å²) in [5, 5.41) is 8.73. The fourth-order valence-electron chi connectivity index (χ4n) is 1.01. The van der Waals surface area contributed by atoms with Gasteiger partial charge in [0.25, 0.3) is 5.67 Å². The Morgan fingerprint density at radius 3 is 1.67 bits per heavy atom. The minimum absolute atomic E-state index is 0.673. The molecule has 1 N–H and O–H groups in total. The number of rotatable bonds is 5. The molecule has 0 aromatic rings. The molecule has 0 aliphatic heterocycles. The van der Waals surface area contributed by atoms with Crippen molar-refractivity contribution in [3.8, 4) is 0 Å². The Kier molecular flexibility index (Phi) is 4.96. The van der Waals surface area contributed by atoms with Gasteiger partial charge in [-0.25, -0.2) is 4.39 Å². The predicted octanol–water partition coefficient (Wildman–Crippen LogP) is 3.23. The van der Waals surface area contributed by atoms with Gasteiger partial charge in [0, 0.05) is 12.2 Å². The first-order chi connectivity index (χ1) is 7.70. The van der Waals surface area contributed by atoms with E-state index in [9.17, 15) is 35.1 Å². The van der Waals surface area contributed by atoms with E-state index in [0.717, 1.165) is 0 Å². The van der Waals surface area contributed by atoms with Gasteiger partial charge < -0.3 is 5.11 Å². The van der Waals surface area contributed by atoms with E-state index in [0.29, 0.717) is 0 Å². The van der Waals surface area contributed by atoms with Crippen LogP contribution in [0, 0.1) is 0 Å². The standard InChI is InChI=1S/C8H10F8OS/c1-5(9,8(14,15)16)7(12,13)6(10,11)2-4(17)3-18/h4,17-18H,2-3H2,1H3. The lowest BCUT2D eigenvalue weighted by atomic mass is 9.91. The molecule has 0 aliphatic carbocycles. The third-order valence-electron chi connectivity index (χ3n) is 2.28. The second-order valence-electron chi connectivity index (χ2n) is 3.82. The average molecular weight is 306 g/mol. The first-order valence-electron chi connectivity index (χ1n) is 4.51. The van der Waals surface area contributed by atoms with E-state index >= 15 is 0 Å². The molecule has 2 unspecified atom stereocenters. The molecule has 10 heteroatoms. The number of hydrogen-bond donors (Lipinski definition) is 2. The van der Waals surface area contributed by atoms with E-state index in [1.54, 1.807) is 0 Å². The van der Waals surface area contributed by atoms with Crippen molar-refractivity contribution in [2.24, 2.45) is 0 Å². The van der Waals surface area contributed by atoms with Crippen LogP contribution in [0.15, 0.2) is 0 Å². The van der Waals surface area contributed by atoms with E-state index < -0.39 is 48.9 Å². The normalized spacial score (nSPS) is 19.5. The zero-order chi connectivity index (χ0) is 15.0. The molecule has 1 nitrogen and oxygen atoms in total. The summed E-state index contributed by atoms with van der Waals surface area (Å²) in [5.41, 5.74) is -5.42. The quantitative estimate of drug-likeness (QED) is 0.590. The summed E-state index contributed by atoms with van der Waals surface area (Å²) in [6, 6.07) is 0. The molecule has 110 valence electrons. The number of aliphatic hydroxyl groups excluding tert-OH is 1. The molecule has 0 radical (unpaired) electrons. The molecule has 0 saturated carbocycles. The summed E-state index contributed by atoms with van der Waals surface area (Å²) >= 11 is 3.31. The van der Waals surface area contributed by atoms with Crippen LogP contribution in [0.1, 0.15) is 13.3 Å². The molecule has 0 spiro atoms. The van der Waals surface area contributed by atoms with E-state index in [2.05, 4.69) is 12.6 Å². The summed E-state index contributed by atoms with van der Waals surface area (Å²) in [6.07, 6.45) is -10.3. The van der Waals surface area contributed by atoms with Gasteiger partial charge in [-0.2, -0.15) is 43.4 Å². The monoisotopic (exact) mass is 306 g/mol. The van der Waals surface area contributed by atoms with Crippen LogP contribution in [0.5, 0.6) is 0 Å². The second kappa shape index (κ2) is 5.03. The minimum atomic E-state index is -6.17. The van der Waals surface area contributed by atoms with Gasteiger partial charge in [-0.1, -0.05) is 0 Å². The number of thiol groups is 1. The Labute approximate surface area is 103 Å². The summed E-state index contributed by atoms with van der Waals surface area (Å²) in [4.78, 5) is 0. The Bertz CT molecular complexity index is 287. The number of halogens is 8. The van der Waals surface area contributed by atoms with Crippen molar-refractivity contribution in [1.29, 1.82) is 0 Å². The van der Waals surface area contributed by atoms with Crippen molar-refractivity contribution in [1.82, 2.24) is 0 Å². The van der Waals surface area contributed by atoms with Gasteiger partial charge in [0.1, 0.15) is 0 Å². The second-order valence-corrected chi connectivity index (χ2v) is 4.19. The van der Waals surface area contributed by atoms with Crippen molar-refractivity contribution >= 4 is 12.6 Å². The van der Waals surface area contributed by atoms with Gasteiger partial charge in [0.05, 0.1) is 6.10 Å². The van der Waals surface area contributed by atoms with E-state index in [-0.39, 0.29) is 0 Å². The van der Waals surface area contributed by atoms with E-state index in [4.69, 9.17) is 5.11 Å². The third-order valence-corrected chi connectivity index (χ3v) is 2.71. The molecule has 0 fully saturated rings. The molecule has 0 saturated heterocycles. The maximum atomic E-state index is 13.0. The van der Waals surface area contributed by atoms with Gasteiger partial charge in [-0.15, -0.1) is 0 Å². The molecule has 0 amide bonds. The number of hydrogen-bond acceptors (Lipinski definition) is 2. The van der Waals surface area contributed by atoms with Crippen molar-refractivity contribution in [2.75, 3.05) is 5.75 Å². The van der Waals surface area contributed by atoms with Crippen molar-refractivity contribution in [3.05, 3.63) is 0 Å². The van der Waals surface area contributed by atoms with Crippen molar-refractivity contribution < 1.29 is 40.2 Å². The van der Waals surface area contributed by atoms with Crippen LogP contribution in [0.3, 0.4) is 0 Å². The molecule has 2 atom stereocenters. The lowest BCUT2D eigenvalue weighted by Crippen LogP contribution is -2.62. The van der Waals surface area contributed by atoms with Crippen LogP contribution >= 0.6 is 12.6 Å². The average Bonchev–Trinajstić information content (AvgIpc) is 2.14. The lowest BCUT2D eigenvalue weighted by molar-refractivity contribution is -0.350. The van der Waals surface area contributed by atoms with E-state index in [1.807, 2.05) is 0 Å². The van der Waals surface area contributed by atoms with Crippen LogP contribution in [-0.2, 0) is 0 Å². The maximum absolute atomic E-state index is 13.0. The first-order valence-corrected chi connectivity index (χ1v) is 5.14. The molecule has 0 aliphatic rings. The molecule has 0 rings (SSSR count). The Hall–Kier alpha value is -0.250. The van der Waals surface area contributed by atoms with Gasteiger partial charge in [0.2, 0.25) is 0 Å². The van der Waals surface area contributed by atoms with Gasteiger partial charge in [-0.05, 0) is 6.92 Å². The van der Waals surface area contributed by atoms with Crippen molar-refractivity contribution in [3.63, 3.8) is 0 Å². The molecular weight excluding hydrogens is 296 g/mol. The van der Waals surface area contributed by atoms with Crippen LogP contribution < -0.4 is 0 Å². The summed E-state index contributed by atoms with van der Waals surface area (Å²) in [7, 11) is 0. The van der Waals surface area contributed by atoms with Crippen LogP contribution in [0.25, 0.3) is 0 Å². The Balaban J connectivity index is 5.36.